The van der Waals surface area contributed by atoms with Crippen LogP contribution < -0.4 is 19.5 Å². The minimum Gasteiger partial charge on any atom is -0.497 e. The van der Waals surface area contributed by atoms with Crippen molar-refractivity contribution >= 4 is 15.9 Å². The molecule has 0 aromatic heterocycles. The molecule has 0 radical (unpaired) electrons. The van der Waals surface area contributed by atoms with E-state index in [1.54, 1.807) is 19.2 Å². The van der Waals surface area contributed by atoms with E-state index in [1.807, 2.05) is 24.3 Å². The predicted molar refractivity (Wildman–Crippen MR) is 102 cm³/mol. The Labute approximate surface area is 159 Å². The molecule has 2 N–H and O–H groups in total. The van der Waals surface area contributed by atoms with Crippen LogP contribution in [0.25, 0.3) is 0 Å². The van der Waals surface area contributed by atoms with Gasteiger partial charge in [-0.15, -0.1) is 0 Å². The van der Waals surface area contributed by atoms with Gasteiger partial charge in [0.25, 0.3) is 0 Å². The monoisotopic (exact) mass is 392 g/mol. The van der Waals surface area contributed by atoms with Gasteiger partial charge in [-0.1, -0.05) is 12.1 Å². The number of rotatable bonds is 9. The van der Waals surface area contributed by atoms with Crippen molar-refractivity contribution in [1.82, 2.24) is 10.0 Å². The van der Waals surface area contributed by atoms with Gasteiger partial charge in [0.2, 0.25) is 15.9 Å². The van der Waals surface area contributed by atoms with Gasteiger partial charge >= 0.3 is 0 Å². The smallest absolute Gasteiger partial charge is 0.241 e. The summed E-state index contributed by atoms with van der Waals surface area (Å²) >= 11 is 0. The van der Waals surface area contributed by atoms with Crippen molar-refractivity contribution in [2.45, 2.75) is 24.3 Å². The van der Waals surface area contributed by atoms with E-state index in [0.717, 1.165) is 11.3 Å². The van der Waals surface area contributed by atoms with Crippen LogP contribution in [-0.4, -0.2) is 41.1 Å². The highest BCUT2D eigenvalue weighted by Crippen LogP contribution is 2.15. The van der Waals surface area contributed by atoms with Crippen molar-refractivity contribution < 1.29 is 22.7 Å². The summed E-state index contributed by atoms with van der Waals surface area (Å²) in [4.78, 5) is 12.2. The standard InChI is InChI=1S/C19H24N2O5S/c1-14(21-27(23,24)18-10-8-17(26-3)9-11-18)19(22)20-13-12-15-4-6-16(25-2)7-5-15/h4-11,14,21H,12-13H2,1-3H3,(H,20,22)/t14-/m1/s1. The number of amides is 1. The number of nitrogens with one attached hydrogen (secondary N) is 2. The molecule has 2 rings (SSSR count). The summed E-state index contributed by atoms with van der Waals surface area (Å²) in [5.41, 5.74) is 1.04. The van der Waals surface area contributed by atoms with Gasteiger partial charge in [0, 0.05) is 6.54 Å². The molecule has 0 fully saturated rings. The van der Waals surface area contributed by atoms with Crippen LogP contribution in [0.2, 0.25) is 0 Å². The zero-order valence-corrected chi connectivity index (χ0v) is 16.4. The van der Waals surface area contributed by atoms with Crippen LogP contribution in [0.1, 0.15) is 12.5 Å². The molecule has 0 aliphatic carbocycles. The second-order valence-electron chi connectivity index (χ2n) is 5.91. The number of sulfonamides is 1. The van der Waals surface area contributed by atoms with E-state index >= 15 is 0 Å². The van der Waals surface area contributed by atoms with Crippen LogP contribution in [-0.2, 0) is 21.2 Å². The van der Waals surface area contributed by atoms with Gasteiger partial charge in [-0.3, -0.25) is 4.79 Å². The summed E-state index contributed by atoms with van der Waals surface area (Å²) in [5, 5.41) is 2.73. The van der Waals surface area contributed by atoms with Crippen molar-refractivity contribution in [2.75, 3.05) is 20.8 Å². The third-order valence-corrected chi connectivity index (χ3v) is 5.52. The predicted octanol–water partition coefficient (Wildman–Crippen LogP) is 1.73. The molecule has 0 spiro atoms. The topological polar surface area (TPSA) is 93.7 Å². The lowest BCUT2D eigenvalue weighted by atomic mass is 10.1. The fourth-order valence-electron chi connectivity index (χ4n) is 2.38. The second-order valence-corrected chi connectivity index (χ2v) is 7.62. The summed E-state index contributed by atoms with van der Waals surface area (Å²) in [6.07, 6.45) is 0.633. The zero-order chi connectivity index (χ0) is 19.9. The van der Waals surface area contributed by atoms with E-state index < -0.39 is 16.1 Å². The third kappa shape index (κ3) is 5.97. The van der Waals surface area contributed by atoms with Crippen LogP contribution in [0.15, 0.2) is 53.4 Å². The van der Waals surface area contributed by atoms with Gasteiger partial charge in [0.15, 0.2) is 0 Å². The van der Waals surface area contributed by atoms with Gasteiger partial charge in [-0.25, -0.2) is 8.42 Å². The van der Waals surface area contributed by atoms with Crippen LogP contribution in [0.3, 0.4) is 0 Å². The Kier molecular flexibility index (Phi) is 7.20. The highest BCUT2D eigenvalue weighted by Gasteiger charge is 2.21. The fourth-order valence-corrected chi connectivity index (χ4v) is 3.59. The molecule has 0 heterocycles. The molecule has 0 saturated carbocycles. The SMILES string of the molecule is COc1ccc(CCNC(=O)[C@@H](C)NS(=O)(=O)c2ccc(OC)cc2)cc1. The number of carbonyl (C=O) groups is 1. The molecule has 27 heavy (non-hydrogen) atoms. The van der Waals surface area contributed by atoms with Crippen molar-refractivity contribution in [2.24, 2.45) is 0 Å². The van der Waals surface area contributed by atoms with Crippen LogP contribution in [0, 0.1) is 0 Å². The lowest BCUT2D eigenvalue weighted by Crippen LogP contribution is -2.45. The van der Waals surface area contributed by atoms with Crippen molar-refractivity contribution in [1.29, 1.82) is 0 Å². The number of benzene rings is 2. The minimum atomic E-state index is -3.79. The maximum atomic E-state index is 12.4. The first-order chi connectivity index (χ1) is 12.9. The van der Waals surface area contributed by atoms with Crippen LogP contribution in [0.5, 0.6) is 11.5 Å². The Bertz CT molecular complexity index is 849. The van der Waals surface area contributed by atoms with E-state index in [0.29, 0.717) is 18.7 Å². The maximum absolute atomic E-state index is 12.4. The van der Waals surface area contributed by atoms with Crippen molar-refractivity contribution in [3.63, 3.8) is 0 Å². The molecular formula is C19H24N2O5S. The maximum Gasteiger partial charge on any atom is 0.241 e. The van der Waals surface area contributed by atoms with Gasteiger partial charge in [-0.2, -0.15) is 4.72 Å². The molecule has 1 amide bonds. The normalized spacial score (nSPS) is 12.3. The molecule has 0 aliphatic heterocycles. The van der Waals surface area contributed by atoms with Crippen molar-refractivity contribution in [3.05, 3.63) is 54.1 Å². The third-order valence-electron chi connectivity index (χ3n) is 3.97. The van der Waals surface area contributed by atoms with Gasteiger partial charge in [-0.05, 0) is 55.3 Å². The molecule has 7 nitrogen and oxygen atoms in total. The number of hydrogen-bond donors (Lipinski definition) is 2. The molecule has 8 heteroatoms. The first-order valence-corrected chi connectivity index (χ1v) is 9.91. The Morgan fingerprint density at radius 1 is 0.963 bits per heavy atom. The van der Waals surface area contributed by atoms with Crippen molar-refractivity contribution in [3.8, 4) is 11.5 Å². The molecule has 146 valence electrons. The van der Waals surface area contributed by atoms with E-state index in [4.69, 9.17) is 9.47 Å². The lowest BCUT2D eigenvalue weighted by molar-refractivity contribution is -0.122. The van der Waals surface area contributed by atoms with E-state index in [2.05, 4.69) is 10.0 Å². The van der Waals surface area contributed by atoms with E-state index in [-0.39, 0.29) is 10.8 Å². The van der Waals surface area contributed by atoms with Crippen LogP contribution >= 0.6 is 0 Å². The number of ether oxygens (including phenoxy) is 2. The highest BCUT2D eigenvalue weighted by molar-refractivity contribution is 7.89. The highest BCUT2D eigenvalue weighted by atomic mass is 32.2. The molecule has 1 atom stereocenters. The molecule has 0 unspecified atom stereocenters. The summed E-state index contributed by atoms with van der Waals surface area (Å²) in [7, 11) is -0.694. The molecule has 0 bridgehead atoms. The fraction of sp³-hybridized carbons (Fsp3) is 0.316. The average Bonchev–Trinajstić information content (AvgIpc) is 2.68. The second kappa shape index (κ2) is 9.38. The van der Waals surface area contributed by atoms with Gasteiger partial charge < -0.3 is 14.8 Å². The Hall–Kier alpha value is -2.58. The lowest BCUT2D eigenvalue weighted by Gasteiger charge is -2.15. The van der Waals surface area contributed by atoms with E-state index in [1.165, 1.54) is 26.2 Å². The molecule has 0 aliphatic rings. The molecule has 0 saturated heterocycles. The first kappa shape index (κ1) is 20.7. The Morgan fingerprint density at radius 2 is 1.48 bits per heavy atom. The van der Waals surface area contributed by atoms with Gasteiger partial charge in [0.1, 0.15) is 11.5 Å². The summed E-state index contributed by atoms with van der Waals surface area (Å²) in [6.45, 7) is 1.91. The molecule has 2 aromatic rings. The average molecular weight is 392 g/mol. The Balaban J connectivity index is 1.86. The van der Waals surface area contributed by atoms with Gasteiger partial charge in [0.05, 0.1) is 25.2 Å². The quantitative estimate of drug-likeness (QED) is 0.678. The minimum absolute atomic E-state index is 0.0705. The number of carbonyl (C=O) groups excluding carboxylic acids is 1. The molecule has 2 aromatic carbocycles. The Morgan fingerprint density at radius 3 is 2.00 bits per heavy atom. The first-order valence-electron chi connectivity index (χ1n) is 8.42. The molecular weight excluding hydrogens is 368 g/mol. The number of hydrogen-bond acceptors (Lipinski definition) is 5. The van der Waals surface area contributed by atoms with Crippen LogP contribution in [0.4, 0.5) is 0 Å². The van der Waals surface area contributed by atoms with E-state index in [9.17, 15) is 13.2 Å². The summed E-state index contributed by atoms with van der Waals surface area (Å²) in [6, 6.07) is 12.6. The largest absolute Gasteiger partial charge is 0.497 e. The number of methoxy groups -OCH3 is 2. The summed E-state index contributed by atoms with van der Waals surface area (Å²) < 4.78 is 37.2. The zero-order valence-electron chi connectivity index (χ0n) is 15.6. The summed E-state index contributed by atoms with van der Waals surface area (Å²) in [5.74, 6) is 0.934.